The summed E-state index contributed by atoms with van der Waals surface area (Å²) in [5.41, 5.74) is 6.63. The summed E-state index contributed by atoms with van der Waals surface area (Å²) < 4.78 is 0. The molecule has 1 aromatic carbocycles. The van der Waals surface area contributed by atoms with E-state index < -0.39 is 5.41 Å². The molecule has 4 heteroatoms. The van der Waals surface area contributed by atoms with Crippen molar-refractivity contribution in [2.75, 3.05) is 13.1 Å². The molecule has 114 valence electrons. The van der Waals surface area contributed by atoms with E-state index in [4.69, 9.17) is 5.73 Å². The van der Waals surface area contributed by atoms with Gasteiger partial charge in [0.2, 0.25) is 5.91 Å². The zero-order valence-corrected chi connectivity index (χ0v) is 13.6. The van der Waals surface area contributed by atoms with Crippen LogP contribution in [0.25, 0.3) is 0 Å². The number of benzene rings is 1. The van der Waals surface area contributed by atoms with E-state index in [9.17, 15) is 4.79 Å². The van der Waals surface area contributed by atoms with Gasteiger partial charge in [-0.2, -0.15) is 0 Å². The van der Waals surface area contributed by atoms with Gasteiger partial charge in [0.25, 0.3) is 0 Å². The first-order chi connectivity index (χ1) is 9.13. The van der Waals surface area contributed by atoms with Crippen molar-refractivity contribution in [3.05, 3.63) is 35.9 Å². The van der Waals surface area contributed by atoms with Gasteiger partial charge in [0.15, 0.2) is 0 Å². The van der Waals surface area contributed by atoms with Gasteiger partial charge in [-0.25, -0.2) is 0 Å². The summed E-state index contributed by atoms with van der Waals surface area (Å²) in [5.74, 6) is 0.186. The summed E-state index contributed by atoms with van der Waals surface area (Å²) >= 11 is 0. The van der Waals surface area contributed by atoms with Crippen LogP contribution >= 0.6 is 12.4 Å². The highest BCUT2D eigenvalue weighted by atomic mass is 35.5. The monoisotopic (exact) mass is 298 g/mol. The quantitative estimate of drug-likeness (QED) is 0.840. The number of nitrogens with two attached hydrogens (primary N) is 1. The summed E-state index contributed by atoms with van der Waals surface area (Å²) in [7, 11) is 0. The van der Waals surface area contributed by atoms with E-state index in [-0.39, 0.29) is 18.3 Å². The Hall–Kier alpha value is -1.06. The zero-order valence-electron chi connectivity index (χ0n) is 12.8. The molecule has 0 fully saturated rings. The molecule has 20 heavy (non-hydrogen) atoms. The number of halogens is 1. The maximum Gasteiger partial charge on any atom is 0.230 e. The summed E-state index contributed by atoms with van der Waals surface area (Å²) in [6.45, 7) is 7.92. The molecule has 0 bridgehead atoms. The first-order valence-corrected chi connectivity index (χ1v) is 7.16. The highest BCUT2D eigenvalue weighted by Crippen LogP contribution is 2.28. The number of hydrogen-bond acceptors (Lipinski definition) is 2. The highest BCUT2D eigenvalue weighted by molar-refractivity contribution is 5.85. The average molecular weight is 299 g/mol. The topological polar surface area (TPSA) is 46.3 Å². The second kappa shape index (κ2) is 8.98. The Labute approximate surface area is 128 Å². The second-order valence-corrected chi connectivity index (χ2v) is 5.00. The molecule has 1 amide bonds. The van der Waals surface area contributed by atoms with Crippen molar-refractivity contribution in [2.45, 2.75) is 40.2 Å². The Morgan fingerprint density at radius 2 is 1.70 bits per heavy atom. The van der Waals surface area contributed by atoms with Crippen LogP contribution in [0.5, 0.6) is 0 Å². The third kappa shape index (κ3) is 4.22. The second-order valence-electron chi connectivity index (χ2n) is 5.00. The molecular weight excluding hydrogens is 272 g/mol. The summed E-state index contributed by atoms with van der Waals surface area (Å²) in [5, 5.41) is 0. The van der Waals surface area contributed by atoms with Gasteiger partial charge in [0, 0.05) is 19.6 Å². The van der Waals surface area contributed by atoms with E-state index in [1.165, 1.54) is 0 Å². The van der Waals surface area contributed by atoms with E-state index in [1.54, 1.807) is 0 Å². The van der Waals surface area contributed by atoms with Gasteiger partial charge < -0.3 is 10.6 Å². The van der Waals surface area contributed by atoms with Crippen molar-refractivity contribution in [2.24, 2.45) is 11.1 Å². The van der Waals surface area contributed by atoms with Crippen LogP contribution < -0.4 is 5.73 Å². The van der Waals surface area contributed by atoms with Crippen molar-refractivity contribution in [1.82, 2.24) is 4.90 Å². The van der Waals surface area contributed by atoms with Gasteiger partial charge >= 0.3 is 0 Å². The van der Waals surface area contributed by atoms with Gasteiger partial charge in [0.1, 0.15) is 0 Å². The van der Waals surface area contributed by atoms with Crippen LogP contribution in [0.1, 0.15) is 39.2 Å². The molecule has 0 aliphatic carbocycles. The van der Waals surface area contributed by atoms with Crippen molar-refractivity contribution >= 4 is 18.3 Å². The normalized spacial score (nSPS) is 10.8. The fourth-order valence-electron chi connectivity index (χ4n) is 2.39. The minimum absolute atomic E-state index is 0. The lowest BCUT2D eigenvalue weighted by Crippen LogP contribution is -2.47. The van der Waals surface area contributed by atoms with Crippen LogP contribution in [0.15, 0.2) is 30.3 Å². The van der Waals surface area contributed by atoms with E-state index in [2.05, 4.69) is 12.1 Å². The van der Waals surface area contributed by atoms with Crippen molar-refractivity contribution in [3.63, 3.8) is 0 Å². The number of amides is 1. The van der Waals surface area contributed by atoms with Gasteiger partial charge in [-0.15, -0.1) is 12.4 Å². The van der Waals surface area contributed by atoms with E-state index in [0.29, 0.717) is 13.1 Å². The molecule has 0 heterocycles. The first kappa shape index (κ1) is 18.9. The minimum atomic E-state index is -0.398. The molecule has 3 nitrogen and oxygen atoms in total. The standard InChI is InChI=1S/C16H26N2O.ClH/c1-4-16(5-2,13-17)15(19)18(6-3)12-14-10-8-7-9-11-14;/h7-11H,4-6,12-13,17H2,1-3H3;1H. The third-order valence-electron chi connectivity index (χ3n) is 4.08. The Balaban J connectivity index is 0.00000361. The van der Waals surface area contributed by atoms with E-state index >= 15 is 0 Å². The number of carbonyl (C=O) groups is 1. The lowest BCUT2D eigenvalue weighted by Gasteiger charge is -2.34. The van der Waals surface area contributed by atoms with Crippen LogP contribution in [0.2, 0.25) is 0 Å². The number of nitrogens with zero attached hydrogens (tertiary/aromatic N) is 1. The molecule has 1 rings (SSSR count). The minimum Gasteiger partial charge on any atom is -0.338 e. The molecule has 0 aromatic heterocycles. The molecule has 0 saturated heterocycles. The molecule has 0 radical (unpaired) electrons. The number of hydrogen-bond donors (Lipinski definition) is 1. The molecule has 1 aromatic rings. The number of carbonyl (C=O) groups excluding carboxylic acids is 1. The lowest BCUT2D eigenvalue weighted by atomic mass is 9.81. The molecule has 0 aliphatic rings. The van der Waals surface area contributed by atoms with E-state index in [1.807, 2.05) is 43.9 Å². The molecule has 0 atom stereocenters. The van der Waals surface area contributed by atoms with Crippen molar-refractivity contribution < 1.29 is 4.79 Å². The lowest BCUT2D eigenvalue weighted by molar-refractivity contribution is -0.142. The maximum atomic E-state index is 12.7. The number of rotatable bonds is 7. The van der Waals surface area contributed by atoms with Gasteiger partial charge in [0.05, 0.1) is 5.41 Å². The fraction of sp³-hybridized carbons (Fsp3) is 0.562. The van der Waals surface area contributed by atoms with Crippen LogP contribution in [0.3, 0.4) is 0 Å². The zero-order chi connectivity index (χ0) is 14.3. The van der Waals surface area contributed by atoms with Crippen LogP contribution in [0.4, 0.5) is 0 Å². The largest absolute Gasteiger partial charge is 0.338 e. The van der Waals surface area contributed by atoms with Crippen LogP contribution in [-0.4, -0.2) is 23.9 Å². The molecule has 0 saturated carbocycles. The summed E-state index contributed by atoms with van der Waals surface area (Å²) in [6, 6.07) is 10.1. The Morgan fingerprint density at radius 1 is 1.15 bits per heavy atom. The average Bonchev–Trinajstić information content (AvgIpc) is 2.48. The van der Waals surface area contributed by atoms with Crippen LogP contribution in [0, 0.1) is 5.41 Å². The molecule has 0 unspecified atom stereocenters. The highest BCUT2D eigenvalue weighted by Gasteiger charge is 2.36. The molecular formula is C16H27ClN2O. The first-order valence-electron chi connectivity index (χ1n) is 7.16. The maximum absolute atomic E-state index is 12.7. The Kier molecular flexibility index (Phi) is 8.51. The predicted molar refractivity (Wildman–Crippen MR) is 86.9 cm³/mol. The van der Waals surface area contributed by atoms with Gasteiger partial charge in [-0.3, -0.25) is 4.79 Å². The molecule has 0 spiro atoms. The SMILES string of the molecule is CCN(Cc1ccccc1)C(=O)C(CC)(CC)CN.Cl. The third-order valence-corrected chi connectivity index (χ3v) is 4.08. The molecule has 0 aliphatic heterocycles. The smallest absolute Gasteiger partial charge is 0.230 e. The summed E-state index contributed by atoms with van der Waals surface area (Å²) in [4.78, 5) is 14.7. The predicted octanol–water partition coefficient (Wildman–Crippen LogP) is 3.22. The molecule has 2 N–H and O–H groups in total. The van der Waals surface area contributed by atoms with E-state index in [0.717, 1.165) is 24.9 Å². The van der Waals surface area contributed by atoms with Gasteiger partial charge in [-0.1, -0.05) is 44.2 Å². The van der Waals surface area contributed by atoms with Crippen LogP contribution in [-0.2, 0) is 11.3 Å². The Bertz CT molecular complexity index is 382. The van der Waals surface area contributed by atoms with Crippen molar-refractivity contribution in [3.8, 4) is 0 Å². The van der Waals surface area contributed by atoms with Gasteiger partial charge in [-0.05, 0) is 25.3 Å². The van der Waals surface area contributed by atoms with Crippen molar-refractivity contribution in [1.29, 1.82) is 0 Å². The summed E-state index contributed by atoms with van der Waals surface area (Å²) in [6.07, 6.45) is 1.59. The Morgan fingerprint density at radius 3 is 2.10 bits per heavy atom. The fourth-order valence-corrected chi connectivity index (χ4v) is 2.39.